The molecular weight excluding hydrogens is 462 g/mol. The van der Waals surface area contributed by atoms with Crippen molar-refractivity contribution < 1.29 is 18.3 Å². The molecular formula is C27H31N3O4S. The van der Waals surface area contributed by atoms with E-state index in [1.54, 1.807) is 31.2 Å². The van der Waals surface area contributed by atoms with Crippen molar-refractivity contribution in [2.75, 3.05) is 34.2 Å². The molecule has 0 bridgehead atoms. The van der Waals surface area contributed by atoms with Gasteiger partial charge in [0.05, 0.1) is 16.1 Å². The fourth-order valence-corrected chi connectivity index (χ4v) is 6.00. The van der Waals surface area contributed by atoms with Crippen molar-refractivity contribution in [3.05, 3.63) is 82.9 Å². The van der Waals surface area contributed by atoms with Crippen molar-refractivity contribution in [1.29, 1.82) is 0 Å². The van der Waals surface area contributed by atoms with Crippen molar-refractivity contribution in [2.45, 2.75) is 38.6 Å². The van der Waals surface area contributed by atoms with Crippen LogP contribution in [-0.2, 0) is 10.0 Å². The maximum Gasteiger partial charge on any atom is 0.337 e. The number of aryl methyl sites for hydroxylation is 3. The molecule has 1 aliphatic heterocycles. The number of nitrogens with one attached hydrogen (secondary N) is 1. The predicted octanol–water partition coefficient (Wildman–Crippen LogP) is 4.83. The van der Waals surface area contributed by atoms with Gasteiger partial charge >= 0.3 is 5.97 Å². The van der Waals surface area contributed by atoms with E-state index in [9.17, 15) is 18.3 Å². The van der Waals surface area contributed by atoms with E-state index in [0.29, 0.717) is 24.3 Å². The number of carbonyl (C=O) groups is 1. The number of nitrogens with zero attached hydrogens (tertiary/aromatic N) is 2. The summed E-state index contributed by atoms with van der Waals surface area (Å²) in [4.78, 5) is 16.7. The van der Waals surface area contributed by atoms with Crippen LogP contribution in [0.2, 0.25) is 0 Å². The van der Waals surface area contributed by atoms with E-state index in [2.05, 4.69) is 46.6 Å². The van der Waals surface area contributed by atoms with Crippen LogP contribution >= 0.6 is 0 Å². The van der Waals surface area contributed by atoms with Crippen molar-refractivity contribution in [3.8, 4) is 0 Å². The van der Waals surface area contributed by atoms with Gasteiger partial charge in [-0.3, -0.25) is 4.72 Å². The van der Waals surface area contributed by atoms with Gasteiger partial charge in [-0.15, -0.1) is 0 Å². The predicted molar refractivity (Wildman–Crippen MR) is 140 cm³/mol. The first-order valence-electron chi connectivity index (χ1n) is 11.6. The standard InChI is InChI=1S/C27H31N3O4S/c1-18-6-5-7-23(14-18)30-13-12-29(17-21(30)4)25-11-10-22(16-24(25)27(31)32)28-35(33,34)26-15-19(2)8-9-20(26)3/h5-11,14-16,21,28H,12-13,17H2,1-4H3,(H,31,32). The fraction of sp³-hybridized carbons (Fsp3) is 0.296. The van der Waals surface area contributed by atoms with E-state index < -0.39 is 16.0 Å². The molecule has 3 aromatic carbocycles. The van der Waals surface area contributed by atoms with Gasteiger partial charge < -0.3 is 14.9 Å². The smallest absolute Gasteiger partial charge is 0.337 e. The minimum absolute atomic E-state index is 0.0716. The number of piperazine rings is 1. The Kier molecular flexibility index (Phi) is 6.76. The summed E-state index contributed by atoms with van der Waals surface area (Å²) in [6, 6.07) is 18.5. The number of carboxylic acid groups (broad SMARTS) is 1. The zero-order valence-corrected chi connectivity index (χ0v) is 21.3. The molecule has 3 aromatic rings. The molecule has 0 aromatic heterocycles. The number of hydrogen-bond acceptors (Lipinski definition) is 5. The van der Waals surface area contributed by atoms with Crippen LogP contribution in [0.4, 0.5) is 17.1 Å². The van der Waals surface area contributed by atoms with Crippen LogP contribution in [0.3, 0.4) is 0 Å². The summed E-state index contributed by atoms with van der Waals surface area (Å²) in [6.45, 7) is 9.83. The van der Waals surface area contributed by atoms with E-state index in [0.717, 1.165) is 17.8 Å². The maximum atomic E-state index is 13.0. The molecule has 1 saturated heterocycles. The van der Waals surface area contributed by atoms with Crippen LogP contribution in [-0.4, -0.2) is 45.2 Å². The molecule has 1 heterocycles. The van der Waals surface area contributed by atoms with Gasteiger partial charge in [0, 0.05) is 37.1 Å². The number of sulfonamides is 1. The highest BCUT2D eigenvalue weighted by atomic mass is 32.2. The molecule has 0 radical (unpaired) electrons. The third-order valence-corrected chi connectivity index (χ3v) is 7.94. The maximum absolute atomic E-state index is 13.0. The SMILES string of the molecule is Cc1cccc(N2CCN(c3ccc(NS(=O)(=O)c4cc(C)ccc4C)cc3C(=O)O)CC2C)c1. The molecule has 35 heavy (non-hydrogen) atoms. The van der Waals surface area contributed by atoms with Gasteiger partial charge in [0.15, 0.2) is 0 Å². The summed E-state index contributed by atoms with van der Waals surface area (Å²) in [6.07, 6.45) is 0. The van der Waals surface area contributed by atoms with E-state index in [1.165, 1.54) is 11.6 Å². The molecule has 4 rings (SSSR count). The highest BCUT2D eigenvalue weighted by molar-refractivity contribution is 7.92. The van der Waals surface area contributed by atoms with Crippen molar-refractivity contribution in [2.24, 2.45) is 0 Å². The molecule has 0 saturated carbocycles. The Hall–Kier alpha value is -3.52. The lowest BCUT2D eigenvalue weighted by atomic mass is 10.1. The molecule has 0 amide bonds. The Balaban J connectivity index is 1.58. The van der Waals surface area contributed by atoms with Gasteiger partial charge in [-0.05, 0) is 80.8 Å². The number of aromatic carboxylic acids is 1. The molecule has 1 aliphatic rings. The van der Waals surface area contributed by atoms with Gasteiger partial charge in [0.1, 0.15) is 0 Å². The summed E-state index contributed by atoms with van der Waals surface area (Å²) in [5, 5.41) is 9.93. The molecule has 1 unspecified atom stereocenters. The first kappa shape index (κ1) is 24.6. The first-order valence-corrected chi connectivity index (χ1v) is 13.1. The second kappa shape index (κ2) is 9.62. The topological polar surface area (TPSA) is 90.0 Å². The zero-order chi connectivity index (χ0) is 25.3. The molecule has 2 N–H and O–H groups in total. The van der Waals surface area contributed by atoms with Gasteiger partial charge in [0.2, 0.25) is 0 Å². The average Bonchev–Trinajstić information content (AvgIpc) is 2.80. The zero-order valence-electron chi connectivity index (χ0n) is 20.4. The number of anilines is 3. The lowest BCUT2D eigenvalue weighted by molar-refractivity contribution is 0.0697. The number of hydrogen-bond donors (Lipinski definition) is 2. The van der Waals surface area contributed by atoms with E-state index in [1.807, 2.05) is 19.1 Å². The van der Waals surface area contributed by atoms with Crippen LogP contribution in [0.15, 0.2) is 65.6 Å². The molecule has 8 heteroatoms. The van der Waals surface area contributed by atoms with Crippen LogP contribution in [0.1, 0.15) is 34.0 Å². The number of rotatable bonds is 6. The lowest BCUT2D eigenvalue weighted by Crippen LogP contribution is -2.52. The van der Waals surface area contributed by atoms with Crippen molar-refractivity contribution in [3.63, 3.8) is 0 Å². The third kappa shape index (κ3) is 5.27. The van der Waals surface area contributed by atoms with E-state index in [-0.39, 0.29) is 22.2 Å². The van der Waals surface area contributed by atoms with Gasteiger partial charge in [-0.2, -0.15) is 0 Å². The second-order valence-corrected chi connectivity index (χ2v) is 10.9. The first-order chi connectivity index (χ1) is 16.5. The Morgan fingerprint density at radius 3 is 2.40 bits per heavy atom. The summed E-state index contributed by atoms with van der Waals surface area (Å²) < 4.78 is 28.6. The Labute approximate surface area is 207 Å². The van der Waals surface area contributed by atoms with Crippen LogP contribution < -0.4 is 14.5 Å². The van der Waals surface area contributed by atoms with Gasteiger partial charge in [-0.1, -0.05) is 24.3 Å². The molecule has 1 fully saturated rings. The third-order valence-electron chi connectivity index (χ3n) is 6.41. The fourth-order valence-electron chi connectivity index (χ4n) is 4.62. The minimum Gasteiger partial charge on any atom is -0.478 e. The second-order valence-electron chi connectivity index (χ2n) is 9.24. The molecule has 1 atom stereocenters. The largest absolute Gasteiger partial charge is 0.478 e. The van der Waals surface area contributed by atoms with Gasteiger partial charge in [-0.25, -0.2) is 13.2 Å². The van der Waals surface area contributed by atoms with Crippen LogP contribution in [0, 0.1) is 20.8 Å². The molecule has 0 spiro atoms. The summed E-state index contributed by atoms with van der Waals surface area (Å²) in [5.41, 5.74) is 4.69. The molecule has 0 aliphatic carbocycles. The highest BCUT2D eigenvalue weighted by Gasteiger charge is 2.27. The average molecular weight is 494 g/mol. The summed E-state index contributed by atoms with van der Waals surface area (Å²) in [5.74, 6) is -1.10. The Morgan fingerprint density at radius 1 is 0.971 bits per heavy atom. The normalized spacial score (nSPS) is 16.3. The number of benzene rings is 3. The van der Waals surface area contributed by atoms with Gasteiger partial charge in [0.25, 0.3) is 10.0 Å². The van der Waals surface area contributed by atoms with Crippen molar-refractivity contribution >= 4 is 33.1 Å². The monoisotopic (exact) mass is 493 g/mol. The summed E-state index contributed by atoms with van der Waals surface area (Å²) in [7, 11) is -3.86. The Morgan fingerprint density at radius 2 is 1.71 bits per heavy atom. The van der Waals surface area contributed by atoms with E-state index >= 15 is 0 Å². The van der Waals surface area contributed by atoms with E-state index in [4.69, 9.17) is 0 Å². The summed E-state index contributed by atoms with van der Waals surface area (Å²) >= 11 is 0. The molecule has 7 nitrogen and oxygen atoms in total. The minimum atomic E-state index is -3.86. The Bertz CT molecular complexity index is 1370. The van der Waals surface area contributed by atoms with Crippen molar-refractivity contribution in [1.82, 2.24) is 0 Å². The number of carboxylic acids is 1. The van der Waals surface area contributed by atoms with Crippen LogP contribution in [0.5, 0.6) is 0 Å². The molecule has 184 valence electrons. The van der Waals surface area contributed by atoms with Crippen LogP contribution in [0.25, 0.3) is 0 Å². The lowest BCUT2D eigenvalue weighted by Gasteiger charge is -2.42. The quantitative estimate of drug-likeness (QED) is 0.511. The highest BCUT2D eigenvalue weighted by Crippen LogP contribution is 2.30.